The van der Waals surface area contributed by atoms with Gasteiger partial charge in [-0.2, -0.15) is 9.38 Å². The minimum absolute atomic E-state index is 0.0233. The molecule has 37 heavy (non-hydrogen) atoms. The molecule has 2 aromatic carbocycles. The minimum Gasteiger partial charge on any atom is -0.332 e. The monoisotopic (exact) mass is 496 g/mol. The van der Waals surface area contributed by atoms with Crippen LogP contribution in [0.2, 0.25) is 0 Å². The lowest BCUT2D eigenvalue weighted by Crippen LogP contribution is -2.46. The molecule has 7 nitrogen and oxygen atoms in total. The minimum atomic E-state index is -0.561. The molecule has 0 aliphatic carbocycles. The van der Waals surface area contributed by atoms with E-state index < -0.39 is 5.95 Å². The van der Waals surface area contributed by atoms with E-state index >= 15 is 0 Å². The van der Waals surface area contributed by atoms with Gasteiger partial charge in [-0.05, 0) is 59.9 Å². The van der Waals surface area contributed by atoms with Crippen molar-refractivity contribution < 1.29 is 9.18 Å². The first-order valence-corrected chi connectivity index (χ1v) is 12.1. The molecule has 0 bridgehead atoms. The zero-order valence-corrected chi connectivity index (χ0v) is 21.3. The highest BCUT2D eigenvalue weighted by Gasteiger charge is 2.36. The molecule has 5 rings (SSSR count). The van der Waals surface area contributed by atoms with E-state index in [9.17, 15) is 9.18 Å². The zero-order chi connectivity index (χ0) is 26.2. The Morgan fingerprint density at radius 3 is 2.54 bits per heavy atom. The number of aromatic nitrogens is 1. The molecule has 8 heteroatoms. The number of nitrogens with zero attached hydrogens (tertiary/aromatic N) is 4. The van der Waals surface area contributed by atoms with E-state index in [-0.39, 0.29) is 11.3 Å². The summed E-state index contributed by atoms with van der Waals surface area (Å²) in [5.41, 5.74) is 5.06. The van der Waals surface area contributed by atoms with Crippen LogP contribution >= 0.6 is 0 Å². The van der Waals surface area contributed by atoms with Crippen LogP contribution in [0, 0.1) is 12.9 Å². The predicted molar refractivity (Wildman–Crippen MR) is 146 cm³/mol. The number of hydrogen-bond acceptors (Lipinski definition) is 6. The zero-order valence-electron chi connectivity index (χ0n) is 21.3. The van der Waals surface area contributed by atoms with Crippen molar-refractivity contribution in [1.29, 1.82) is 0 Å². The molecule has 1 radical (unpaired) electrons. The number of aliphatic imine (C=N–C) groups is 1. The molecule has 1 amide bonds. The van der Waals surface area contributed by atoms with Crippen LogP contribution in [0.5, 0.6) is 0 Å². The average Bonchev–Trinajstić information content (AvgIpc) is 3.34. The lowest BCUT2D eigenvalue weighted by Gasteiger charge is -2.28. The Hall–Kier alpha value is -4.30. The van der Waals surface area contributed by atoms with Gasteiger partial charge < -0.3 is 10.6 Å². The van der Waals surface area contributed by atoms with Crippen LogP contribution in [0.4, 0.5) is 21.6 Å². The maximum absolute atomic E-state index is 13.7. The van der Waals surface area contributed by atoms with E-state index in [1.54, 1.807) is 18.3 Å². The average molecular weight is 497 g/mol. The smallest absolute Gasteiger partial charge is 0.308 e. The van der Waals surface area contributed by atoms with Crippen molar-refractivity contribution in [2.24, 2.45) is 4.99 Å². The Morgan fingerprint density at radius 2 is 1.81 bits per heavy atom. The van der Waals surface area contributed by atoms with Gasteiger partial charge in [0.25, 0.3) is 5.91 Å². The van der Waals surface area contributed by atoms with Crippen molar-refractivity contribution in [3.63, 3.8) is 0 Å². The molecule has 3 aromatic rings. The third-order valence-corrected chi connectivity index (χ3v) is 6.40. The Labute approximate surface area is 216 Å². The second kappa shape index (κ2) is 9.63. The maximum atomic E-state index is 13.7. The number of carbonyl (C=O) groups excluding carboxylic acids is 1. The number of nitrogens with one attached hydrogen (secondary N) is 2. The Balaban J connectivity index is 1.40. The van der Waals surface area contributed by atoms with Crippen molar-refractivity contribution in [2.75, 3.05) is 22.2 Å². The largest absolute Gasteiger partial charge is 0.332 e. The molecule has 0 saturated heterocycles. The molecular formula is C29H29FN6O+. The molecule has 0 saturated carbocycles. The summed E-state index contributed by atoms with van der Waals surface area (Å²) in [5, 5.41) is 6.24. The van der Waals surface area contributed by atoms with Crippen molar-refractivity contribution in [1.82, 2.24) is 9.88 Å². The van der Waals surface area contributed by atoms with Crippen molar-refractivity contribution >= 4 is 28.9 Å². The molecule has 1 aromatic heterocycles. The van der Waals surface area contributed by atoms with Crippen molar-refractivity contribution in [3.8, 4) is 0 Å². The molecule has 2 aliphatic heterocycles. The van der Waals surface area contributed by atoms with Crippen LogP contribution in [-0.2, 0) is 5.41 Å². The second-order valence-electron chi connectivity index (χ2n) is 10.1. The normalized spacial score (nSPS) is 15.2. The molecular weight excluding hydrogens is 467 g/mol. The first-order valence-electron chi connectivity index (χ1n) is 12.1. The van der Waals surface area contributed by atoms with Crippen molar-refractivity contribution in [2.45, 2.75) is 33.1 Å². The standard InChI is InChI=1S/C29H29FN6O/c1-19-22(33-28(37)20-11-13-21(14-12-20)29(2,3)4)7-5-8-24(19)36-17-23(27-31-15-16-35(27)18-36)32-26-10-6-9-25(30)34-26/h5-17H,18H2,1-4H3,(H,32,34)(H,33,37)/q+1. The molecule has 0 unspecified atom stereocenters. The number of rotatable bonds is 5. The summed E-state index contributed by atoms with van der Waals surface area (Å²) in [6, 6.07) is 18.1. The lowest BCUT2D eigenvalue weighted by atomic mass is 9.86. The van der Waals surface area contributed by atoms with Crippen molar-refractivity contribution in [3.05, 3.63) is 108 Å². The summed E-state index contributed by atoms with van der Waals surface area (Å²) in [5.74, 6) is 0.390. The summed E-state index contributed by atoms with van der Waals surface area (Å²) in [4.78, 5) is 25.4. The second-order valence-corrected chi connectivity index (χ2v) is 10.1. The third kappa shape index (κ3) is 5.15. The first kappa shape index (κ1) is 24.4. The topological polar surface area (TPSA) is 75.5 Å². The molecule has 0 fully saturated rings. The Morgan fingerprint density at radius 1 is 1.05 bits per heavy atom. The van der Waals surface area contributed by atoms with Gasteiger partial charge in [0.1, 0.15) is 11.5 Å². The molecule has 0 spiro atoms. The number of pyridine rings is 1. The van der Waals surface area contributed by atoms with Crippen LogP contribution in [0.1, 0.15) is 42.3 Å². The molecule has 187 valence electrons. The number of amidine groups is 1. The van der Waals surface area contributed by atoms with Crippen LogP contribution in [-0.4, -0.2) is 23.4 Å². The maximum Gasteiger partial charge on any atom is 0.308 e. The first-order chi connectivity index (χ1) is 17.7. The van der Waals surface area contributed by atoms with E-state index in [2.05, 4.69) is 46.3 Å². The summed E-state index contributed by atoms with van der Waals surface area (Å²) in [6.45, 7) is 8.95. The highest BCUT2D eigenvalue weighted by molar-refractivity contribution is 6.06. The van der Waals surface area contributed by atoms with Crippen LogP contribution in [0.3, 0.4) is 0 Å². The summed E-state index contributed by atoms with van der Waals surface area (Å²) < 4.78 is 13.7. The van der Waals surface area contributed by atoms with Gasteiger partial charge in [0.15, 0.2) is 6.20 Å². The van der Waals surface area contributed by atoms with E-state index in [1.807, 2.05) is 66.7 Å². The van der Waals surface area contributed by atoms with Crippen LogP contribution < -0.4 is 20.4 Å². The van der Waals surface area contributed by atoms with Gasteiger partial charge in [0, 0.05) is 17.5 Å². The van der Waals surface area contributed by atoms with Gasteiger partial charge in [0.05, 0.1) is 11.9 Å². The van der Waals surface area contributed by atoms with Gasteiger partial charge >= 0.3 is 5.84 Å². The van der Waals surface area contributed by atoms with Crippen LogP contribution in [0.15, 0.2) is 90.0 Å². The SMILES string of the molecule is Cc1c(NC(=O)c2ccc(C(C)(C)C)cc2)cccc1N1C=C(Nc2cccc(F)n2)C2=NC=C[N+]2C1. The van der Waals surface area contributed by atoms with Gasteiger partial charge in [0.2, 0.25) is 12.6 Å². The van der Waals surface area contributed by atoms with Gasteiger partial charge in [-0.1, -0.05) is 49.9 Å². The van der Waals surface area contributed by atoms with Gasteiger partial charge in [-0.15, -0.1) is 0 Å². The molecule has 2 aliphatic rings. The number of fused-ring (bicyclic) bond motifs is 1. The summed E-state index contributed by atoms with van der Waals surface area (Å²) in [7, 11) is 0. The molecule has 0 atom stereocenters. The summed E-state index contributed by atoms with van der Waals surface area (Å²) >= 11 is 0. The number of hydrogen-bond donors (Lipinski definition) is 2. The predicted octanol–water partition coefficient (Wildman–Crippen LogP) is 5.83. The van der Waals surface area contributed by atoms with E-state index in [4.69, 9.17) is 0 Å². The highest BCUT2D eigenvalue weighted by Crippen LogP contribution is 2.31. The fourth-order valence-electron chi connectivity index (χ4n) is 4.32. The fraction of sp³-hybridized carbons (Fsp3) is 0.207. The molecule has 2 N–H and O–H groups in total. The van der Waals surface area contributed by atoms with Crippen LogP contribution in [0.25, 0.3) is 0 Å². The number of amides is 1. The molecule has 3 heterocycles. The van der Waals surface area contributed by atoms with E-state index in [0.29, 0.717) is 23.7 Å². The van der Waals surface area contributed by atoms with E-state index in [1.165, 1.54) is 11.6 Å². The number of anilines is 3. The quantitative estimate of drug-likeness (QED) is 0.344. The summed E-state index contributed by atoms with van der Waals surface area (Å²) in [6.07, 6.45) is 5.54. The number of benzene rings is 2. The fourth-order valence-corrected chi connectivity index (χ4v) is 4.32. The highest BCUT2D eigenvalue weighted by atomic mass is 19.1. The lowest BCUT2D eigenvalue weighted by molar-refractivity contribution is 0.102. The Bertz CT molecular complexity index is 1440. The van der Waals surface area contributed by atoms with E-state index in [0.717, 1.165) is 22.8 Å². The number of carbonyl (C=O) groups is 1. The number of halogens is 1. The Kier molecular flexibility index (Phi) is 6.35. The third-order valence-electron chi connectivity index (χ3n) is 6.40. The van der Waals surface area contributed by atoms with Gasteiger partial charge in [-0.25, -0.2) is 4.98 Å². The van der Waals surface area contributed by atoms with Gasteiger partial charge in [-0.3, -0.25) is 9.69 Å².